The van der Waals surface area contributed by atoms with Crippen molar-refractivity contribution in [2.75, 3.05) is 26.2 Å². The first-order chi connectivity index (χ1) is 14.2. The number of rotatable bonds is 5. The third kappa shape index (κ3) is 4.81. The summed E-state index contributed by atoms with van der Waals surface area (Å²) in [5.41, 5.74) is 3.40. The highest BCUT2D eigenvalue weighted by Crippen LogP contribution is 2.29. The number of hydrogen-bond donors (Lipinski definition) is 0. The second-order valence-corrected chi connectivity index (χ2v) is 7.91. The summed E-state index contributed by atoms with van der Waals surface area (Å²) in [7, 11) is 0. The standard InChI is InChI=1S/C24H23Cl2N3/c25-22-12-7-13-23(26)21(22)18-27-29-16-14-28(15-17-29)24(19-8-3-1-4-9-19)20-10-5-2-6-11-20/h1-13,18,24H,14-17H2. The van der Waals surface area contributed by atoms with Gasteiger partial charge in [0.1, 0.15) is 0 Å². The molecule has 0 atom stereocenters. The maximum absolute atomic E-state index is 6.25. The van der Waals surface area contributed by atoms with Crippen LogP contribution in [-0.4, -0.2) is 42.3 Å². The van der Waals surface area contributed by atoms with Gasteiger partial charge in [0, 0.05) is 31.7 Å². The summed E-state index contributed by atoms with van der Waals surface area (Å²) in [5.74, 6) is 0. The topological polar surface area (TPSA) is 18.8 Å². The van der Waals surface area contributed by atoms with Gasteiger partial charge in [-0.1, -0.05) is 89.9 Å². The molecule has 0 saturated carbocycles. The fraction of sp³-hybridized carbons (Fsp3) is 0.208. The van der Waals surface area contributed by atoms with Crippen LogP contribution in [-0.2, 0) is 0 Å². The van der Waals surface area contributed by atoms with E-state index in [0.29, 0.717) is 10.0 Å². The molecule has 1 heterocycles. The van der Waals surface area contributed by atoms with Gasteiger partial charge in [-0.25, -0.2) is 0 Å². The normalized spacial score (nSPS) is 15.3. The molecule has 3 aromatic carbocycles. The first kappa shape index (κ1) is 20.0. The molecule has 1 fully saturated rings. The SMILES string of the molecule is Clc1cccc(Cl)c1C=NN1CCN(C(c2ccccc2)c2ccccc2)CC1. The molecule has 0 amide bonds. The molecule has 3 aromatic rings. The summed E-state index contributed by atoms with van der Waals surface area (Å²) >= 11 is 12.5. The maximum atomic E-state index is 6.25. The van der Waals surface area contributed by atoms with E-state index >= 15 is 0 Å². The zero-order valence-electron chi connectivity index (χ0n) is 16.1. The summed E-state index contributed by atoms with van der Waals surface area (Å²) in [4.78, 5) is 2.53. The van der Waals surface area contributed by atoms with Crippen LogP contribution in [0.25, 0.3) is 0 Å². The molecule has 1 aliphatic heterocycles. The monoisotopic (exact) mass is 423 g/mol. The van der Waals surface area contributed by atoms with E-state index in [9.17, 15) is 0 Å². The molecule has 29 heavy (non-hydrogen) atoms. The van der Waals surface area contributed by atoms with Crippen LogP contribution in [0.2, 0.25) is 10.0 Å². The van der Waals surface area contributed by atoms with Crippen molar-refractivity contribution < 1.29 is 0 Å². The minimum absolute atomic E-state index is 0.251. The Hall–Kier alpha value is -2.33. The van der Waals surface area contributed by atoms with Crippen molar-refractivity contribution in [3.8, 4) is 0 Å². The minimum atomic E-state index is 0.251. The molecule has 0 aliphatic carbocycles. The van der Waals surface area contributed by atoms with Crippen LogP contribution < -0.4 is 0 Å². The fourth-order valence-electron chi connectivity index (χ4n) is 3.74. The summed E-state index contributed by atoms with van der Waals surface area (Å²) in [5, 5.41) is 7.95. The number of piperazine rings is 1. The third-order valence-electron chi connectivity index (χ3n) is 5.24. The molecule has 1 saturated heterocycles. The van der Waals surface area contributed by atoms with Gasteiger partial charge in [0.2, 0.25) is 0 Å². The van der Waals surface area contributed by atoms with E-state index in [4.69, 9.17) is 23.2 Å². The lowest BCUT2D eigenvalue weighted by molar-refractivity contribution is 0.113. The van der Waals surface area contributed by atoms with Crippen LogP contribution in [0, 0.1) is 0 Å². The number of hydrazone groups is 1. The largest absolute Gasteiger partial charge is 0.294 e. The van der Waals surface area contributed by atoms with Crippen molar-refractivity contribution in [3.05, 3.63) is 106 Å². The third-order valence-corrected chi connectivity index (χ3v) is 5.90. The van der Waals surface area contributed by atoms with E-state index in [1.807, 2.05) is 18.2 Å². The lowest BCUT2D eigenvalue weighted by atomic mass is 9.96. The molecule has 0 unspecified atom stereocenters. The molecule has 0 N–H and O–H groups in total. The van der Waals surface area contributed by atoms with E-state index in [0.717, 1.165) is 31.7 Å². The second kappa shape index (κ2) is 9.45. The van der Waals surface area contributed by atoms with Gasteiger partial charge in [0.05, 0.1) is 22.3 Å². The Morgan fingerprint density at radius 2 is 1.21 bits per heavy atom. The average molecular weight is 424 g/mol. The van der Waals surface area contributed by atoms with Gasteiger partial charge in [-0.15, -0.1) is 0 Å². The molecular weight excluding hydrogens is 401 g/mol. The molecule has 1 aliphatic rings. The minimum Gasteiger partial charge on any atom is -0.294 e. The first-order valence-corrected chi connectivity index (χ1v) is 10.5. The highest BCUT2D eigenvalue weighted by Gasteiger charge is 2.25. The first-order valence-electron chi connectivity index (χ1n) is 9.79. The van der Waals surface area contributed by atoms with E-state index in [1.165, 1.54) is 11.1 Å². The molecule has 5 heteroatoms. The molecule has 3 nitrogen and oxygen atoms in total. The highest BCUT2D eigenvalue weighted by molar-refractivity contribution is 6.38. The Morgan fingerprint density at radius 3 is 1.72 bits per heavy atom. The zero-order chi connectivity index (χ0) is 20.1. The van der Waals surface area contributed by atoms with Gasteiger partial charge in [0.15, 0.2) is 0 Å². The molecule has 0 spiro atoms. The van der Waals surface area contributed by atoms with Crippen LogP contribution in [0.5, 0.6) is 0 Å². The zero-order valence-corrected chi connectivity index (χ0v) is 17.6. The van der Waals surface area contributed by atoms with Gasteiger partial charge in [-0.3, -0.25) is 9.91 Å². The van der Waals surface area contributed by atoms with Gasteiger partial charge >= 0.3 is 0 Å². The summed E-state index contributed by atoms with van der Waals surface area (Å²) in [6, 6.07) is 27.2. The predicted octanol–water partition coefficient (Wildman–Crippen LogP) is 5.73. The van der Waals surface area contributed by atoms with Gasteiger partial charge in [0.25, 0.3) is 0 Å². The van der Waals surface area contributed by atoms with E-state index < -0.39 is 0 Å². The van der Waals surface area contributed by atoms with E-state index in [1.54, 1.807) is 6.21 Å². The van der Waals surface area contributed by atoms with Crippen molar-refractivity contribution >= 4 is 29.4 Å². The summed E-state index contributed by atoms with van der Waals surface area (Å²) in [6.45, 7) is 3.58. The van der Waals surface area contributed by atoms with Crippen molar-refractivity contribution in [3.63, 3.8) is 0 Å². The van der Waals surface area contributed by atoms with E-state index in [2.05, 4.69) is 75.7 Å². The van der Waals surface area contributed by atoms with E-state index in [-0.39, 0.29) is 6.04 Å². The van der Waals surface area contributed by atoms with Gasteiger partial charge < -0.3 is 0 Å². The molecule has 0 radical (unpaired) electrons. The fourth-order valence-corrected chi connectivity index (χ4v) is 4.24. The second-order valence-electron chi connectivity index (χ2n) is 7.09. The molecular formula is C24H23Cl2N3. The Balaban J connectivity index is 1.48. The van der Waals surface area contributed by atoms with Crippen molar-refractivity contribution in [1.29, 1.82) is 0 Å². The van der Waals surface area contributed by atoms with Crippen LogP contribution in [0.1, 0.15) is 22.7 Å². The average Bonchev–Trinajstić information content (AvgIpc) is 2.76. The Morgan fingerprint density at radius 1 is 0.690 bits per heavy atom. The lowest BCUT2D eigenvalue weighted by Gasteiger charge is -2.38. The van der Waals surface area contributed by atoms with Crippen LogP contribution in [0.3, 0.4) is 0 Å². The Kier molecular flexibility index (Phi) is 6.50. The van der Waals surface area contributed by atoms with Crippen molar-refractivity contribution in [2.45, 2.75) is 6.04 Å². The maximum Gasteiger partial charge on any atom is 0.0603 e. The van der Waals surface area contributed by atoms with Gasteiger partial charge in [-0.05, 0) is 23.3 Å². The summed E-state index contributed by atoms with van der Waals surface area (Å²) in [6.07, 6.45) is 1.77. The smallest absolute Gasteiger partial charge is 0.0603 e. The van der Waals surface area contributed by atoms with Crippen LogP contribution in [0.15, 0.2) is 84.0 Å². The highest BCUT2D eigenvalue weighted by atomic mass is 35.5. The van der Waals surface area contributed by atoms with Gasteiger partial charge in [-0.2, -0.15) is 5.10 Å². The molecule has 0 aromatic heterocycles. The summed E-state index contributed by atoms with van der Waals surface area (Å²) < 4.78 is 0. The lowest BCUT2D eigenvalue weighted by Crippen LogP contribution is -2.45. The number of nitrogens with zero attached hydrogens (tertiary/aromatic N) is 3. The number of hydrogen-bond acceptors (Lipinski definition) is 3. The van der Waals surface area contributed by atoms with Crippen molar-refractivity contribution in [2.24, 2.45) is 5.10 Å². The number of halogens is 2. The molecule has 0 bridgehead atoms. The Bertz CT molecular complexity index is 893. The molecule has 4 rings (SSSR count). The predicted molar refractivity (Wildman–Crippen MR) is 122 cm³/mol. The molecule has 148 valence electrons. The Labute approximate surface area is 182 Å². The van der Waals surface area contributed by atoms with Crippen LogP contribution in [0.4, 0.5) is 0 Å². The quantitative estimate of drug-likeness (QED) is 0.487. The number of benzene rings is 3. The van der Waals surface area contributed by atoms with Crippen LogP contribution >= 0.6 is 23.2 Å². The van der Waals surface area contributed by atoms with Crippen molar-refractivity contribution in [1.82, 2.24) is 9.91 Å².